The van der Waals surface area contributed by atoms with Gasteiger partial charge in [0.2, 0.25) is 5.91 Å². The first-order chi connectivity index (χ1) is 20.2. The number of morpholine rings is 1. The van der Waals surface area contributed by atoms with Gasteiger partial charge in [-0.3, -0.25) is 14.7 Å². The van der Waals surface area contributed by atoms with Gasteiger partial charge in [-0.05, 0) is 37.8 Å². The third-order valence-electron chi connectivity index (χ3n) is 10.3. The summed E-state index contributed by atoms with van der Waals surface area (Å²) in [6.45, 7) is 15.3. The minimum atomic E-state index is -2.63. The average molecular weight is 584 g/mol. The normalized spacial score (nSPS) is 25.4. The van der Waals surface area contributed by atoms with Crippen LogP contribution in [0.5, 0.6) is 0 Å². The van der Waals surface area contributed by atoms with E-state index in [0.29, 0.717) is 56.6 Å². The van der Waals surface area contributed by atoms with Gasteiger partial charge in [0.1, 0.15) is 17.1 Å². The molecule has 9 nitrogen and oxygen atoms in total. The number of likely N-dealkylation sites (N-methyl/N-ethyl adjacent to an activating group) is 1. The zero-order valence-electron chi connectivity index (χ0n) is 25.1. The number of piperazine rings is 1. The molecule has 11 heteroatoms. The molecule has 0 radical (unpaired) electrons. The second-order valence-corrected chi connectivity index (χ2v) is 13.2. The number of anilines is 2. The van der Waals surface area contributed by atoms with E-state index >= 15 is 0 Å². The van der Waals surface area contributed by atoms with Crippen molar-refractivity contribution in [3.8, 4) is 0 Å². The summed E-state index contributed by atoms with van der Waals surface area (Å²) in [5.74, 6) is 0.604. The lowest BCUT2D eigenvalue weighted by molar-refractivity contribution is -0.161. The number of hydrogen-bond donors (Lipinski definition) is 0. The van der Waals surface area contributed by atoms with Gasteiger partial charge < -0.3 is 19.4 Å². The van der Waals surface area contributed by atoms with Crippen LogP contribution in [0.4, 0.5) is 20.3 Å². The molecule has 0 bridgehead atoms. The summed E-state index contributed by atoms with van der Waals surface area (Å²) in [5, 5.41) is 4.82. The molecular weight excluding hydrogens is 540 g/mol. The molecule has 4 saturated heterocycles. The van der Waals surface area contributed by atoms with Gasteiger partial charge in [0.15, 0.2) is 0 Å². The van der Waals surface area contributed by atoms with Crippen molar-refractivity contribution in [3.05, 3.63) is 41.2 Å². The monoisotopic (exact) mass is 583 g/mol. The highest BCUT2D eigenvalue weighted by molar-refractivity contribution is 5.87. The van der Waals surface area contributed by atoms with Crippen LogP contribution in [-0.4, -0.2) is 120 Å². The molecule has 0 unspecified atom stereocenters. The fourth-order valence-electron chi connectivity index (χ4n) is 7.91. The lowest BCUT2D eigenvalue weighted by Crippen LogP contribution is -2.71. The van der Waals surface area contributed by atoms with Crippen molar-refractivity contribution in [1.82, 2.24) is 24.8 Å². The van der Waals surface area contributed by atoms with E-state index in [1.807, 2.05) is 17.9 Å². The highest BCUT2D eigenvalue weighted by Gasteiger charge is 2.64. The quantitative estimate of drug-likeness (QED) is 0.455. The SMILES string of the molecule is C=CC(=O)N1CCN(C2CN(c3cc(N4CC5(C4)OCC4(CC4)N4C5=C(C)CN4C)nc(C(F)F)c3CCC)C2)CC1. The van der Waals surface area contributed by atoms with Crippen molar-refractivity contribution in [2.75, 3.05) is 82.4 Å². The maximum atomic E-state index is 14.5. The average Bonchev–Trinajstić information content (AvgIpc) is 3.63. The standard InChI is InChI=1S/C31H43F2N7O2/c1-5-7-23-24(38-16-22(17-38)36-10-12-37(13-11-36)26(41)6-2)14-25(34-27(23)29(32)33)39-18-31(19-39)28-21(3)15-35(4)40(28)30(8-9-30)20-42-31/h6,14,22,29H,2,5,7-13,15-20H2,1,3-4H3. The van der Waals surface area contributed by atoms with Gasteiger partial charge in [-0.25, -0.2) is 18.8 Å². The predicted molar refractivity (Wildman–Crippen MR) is 158 cm³/mol. The lowest BCUT2D eigenvalue weighted by Gasteiger charge is -2.58. The van der Waals surface area contributed by atoms with Crippen LogP contribution in [0.15, 0.2) is 30.0 Å². The van der Waals surface area contributed by atoms with E-state index in [1.165, 1.54) is 17.3 Å². The van der Waals surface area contributed by atoms with E-state index in [0.717, 1.165) is 57.7 Å². The minimum absolute atomic E-state index is 0.0181. The third-order valence-corrected chi connectivity index (χ3v) is 10.3. The molecule has 6 aliphatic rings. The fraction of sp³-hybridized carbons (Fsp3) is 0.677. The maximum absolute atomic E-state index is 14.5. The minimum Gasteiger partial charge on any atom is -0.368 e. The van der Waals surface area contributed by atoms with Crippen LogP contribution in [0, 0.1) is 0 Å². The van der Waals surface area contributed by atoms with Crippen LogP contribution in [0.1, 0.15) is 50.8 Å². The summed E-state index contributed by atoms with van der Waals surface area (Å²) in [7, 11) is 2.16. The number of hydrogen-bond acceptors (Lipinski definition) is 8. The van der Waals surface area contributed by atoms with Gasteiger partial charge in [-0.2, -0.15) is 0 Å². The Labute approximate surface area is 247 Å². The van der Waals surface area contributed by atoms with E-state index in [4.69, 9.17) is 4.74 Å². The van der Waals surface area contributed by atoms with Crippen molar-refractivity contribution in [2.24, 2.45) is 0 Å². The first-order valence-electron chi connectivity index (χ1n) is 15.5. The van der Waals surface area contributed by atoms with E-state index in [-0.39, 0.29) is 17.1 Å². The fourth-order valence-corrected chi connectivity index (χ4v) is 7.91. The van der Waals surface area contributed by atoms with E-state index in [1.54, 1.807) is 0 Å². The van der Waals surface area contributed by atoms with E-state index in [9.17, 15) is 13.6 Å². The zero-order chi connectivity index (χ0) is 29.4. The molecule has 1 aromatic rings. The highest BCUT2D eigenvalue weighted by atomic mass is 19.3. The number of hydrazine groups is 1. The summed E-state index contributed by atoms with van der Waals surface area (Å²) < 4.78 is 35.6. The Morgan fingerprint density at radius 2 is 1.90 bits per heavy atom. The van der Waals surface area contributed by atoms with Crippen molar-refractivity contribution in [3.63, 3.8) is 0 Å². The predicted octanol–water partition coefficient (Wildman–Crippen LogP) is 3.05. The van der Waals surface area contributed by atoms with Crippen LogP contribution in [0.2, 0.25) is 0 Å². The molecule has 1 saturated carbocycles. The summed E-state index contributed by atoms with van der Waals surface area (Å²) in [6, 6.07) is 2.40. The Morgan fingerprint density at radius 1 is 1.19 bits per heavy atom. The smallest absolute Gasteiger partial charge is 0.280 e. The number of carbonyl (C=O) groups is 1. The molecule has 0 aromatic carbocycles. The Balaban J connectivity index is 1.10. The van der Waals surface area contributed by atoms with Crippen molar-refractivity contribution in [2.45, 2.75) is 63.1 Å². The number of amides is 1. The Kier molecular flexibility index (Phi) is 6.78. The Hall–Kier alpha value is -2.76. The van der Waals surface area contributed by atoms with E-state index < -0.39 is 12.0 Å². The van der Waals surface area contributed by atoms with Crippen molar-refractivity contribution in [1.29, 1.82) is 0 Å². The van der Waals surface area contributed by atoms with Gasteiger partial charge in [0.05, 0.1) is 30.9 Å². The molecule has 0 atom stereocenters. The van der Waals surface area contributed by atoms with Gasteiger partial charge in [-0.15, -0.1) is 0 Å². The van der Waals surface area contributed by atoms with Gasteiger partial charge in [0, 0.05) is 76.2 Å². The molecule has 6 heterocycles. The highest BCUT2D eigenvalue weighted by Crippen LogP contribution is 2.56. The first kappa shape index (κ1) is 28.0. The molecule has 5 aliphatic heterocycles. The number of fused-ring (bicyclic) bond motifs is 3. The summed E-state index contributed by atoms with van der Waals surface area (Å²) in [6.07, 6.45) is 2.40. The van der Waals surface area contributed by atoms with E-state index in [2.05, 4.69) is 50.3 Å². The molecule has 7 rings (SSSR count). The molecule has 1 amide bonds. The molecule has 2 spiro atoms. The number of carbonyl (C=O) groups excluding carboxylic acids is 1. The van der Waals surface area contributed by atoms with Gasteiger partial charge in [-0.1, -0.05) is 19.9 Å². The topological polar surface area (TPSA) is 58.6 Å². The summed E-state index contributed by atoms with van der Waals surface area (Å²) in [4.78, 5) is 25.2. The Bertz CT molecular complexity index is 1290. The molecule has 228 valence electrons. The number of halogens is 2. The Morgan fingerprint density at radius 3 is 2.52 bits per heavy atom. The maximum Gasteiger partial charge on any atom is 0.280 e. The van der Waals surface area contributed by atoms with Crippen LogP contribution < -0.4 is 9.80 Å². The molecule has 0 N–H and O–H groups in total. The van der Waals surface area contributed by atoms with Crippen LogP contribution in [-0.2, 0) is 16.0 Å². The number of pyridine rings is 1. The molecular formula is C31H43F2N7O2. The lowest BCUT2D eigenvalue weighted by atomic mass is 9.85. The molecule has 42 heavy (non-hydrogen) atoms. The number of alkyl halides is 2. The first-order valence-corrected chi connectivity index (χ1v) is 15.5. The second kappa shape index (κ2) is 10.2. The van der Waals surface area contributed by atoms with Crippen molar-refractivity contribution >= 4 is 17.4 Å². The van der Waals surface area contributed by atoms with Crippen LogP contribution in [0.3, 0.4) is 0 Å². The molecule has 5 fully saturated rings. The summed E-state index contributed by atoms with van der Waals surface area (Å²) in [5.41, 5.74) is 3.81. The second-order valence-electron chi connectivity index (χ2n) is 13.2. The number of nitrogens with zero attached hydrogens (tertiary/aromatic N) is 7. The third kappa shape index (κ3) is 4.33. The van der Waals surface area contributed by atoms with Gasteiger partial charge in [0.25, 0.3) is 6.43 Å². The number of rotatable bonds is 7. The zero-order valence-corrected chi connectivity index (χ0v) is 25.1. The molecule has 1 aliphatic carbocycles. The van der Waals surface area contributed by atoms with Gasteiger partial charge >= 0.3 is 0 Å². The number of ether oxygens (including phenoxy) is 1. The summed E-state index contributed by atoms with van der Waals surface area (Å²) >= 11 is 0. The van der Waals surface area contributed by atoms with Crippen LogP contribution >= 0.6 is 0 Å². The van der Waals surface area contributed by atoms with Crippen molar-refractivity contribution < 1.29 is 18.3 Å². The van der Waals surface area contributed by atoms with Crippen LogP contribution in [0.25, 0.3) is 0 Å². The molecule has 1 aromatic heterocycles. The largest absolute Gasteiger partial charge is 0.368 e. The number of aromatic nitrogens is 1.